The summed E-state index contributed by atoms with van der Waals surface area (Å²) in [6.07, 6.45) is 0.653. The van der Waals surface area contributed by atoms with Crippen molar-refractivity contribution in [2.24, 2.45) is 0 Å². The van der Waals surface area contributed by atoms with Crippen LogP contribution in [0.2, 0.25) is 0 Å². The molecule has 0 radical (unpaired) electrons. The molecule has 1 aliphatic rings. The summed E-state index contributed by atoms with van der Waals surface area (Å²) in [7, 11) is 0. The molecule has 6 rings (SSSR count). The first kappa shape index (κ1) is 23.7. The molecule has 0 N–H and O–H groups in total. The molecular weight excluding hydrogens is 539 g/mol. The van der Waals surface area contributed by atoms with Crippen LogP contribution in [0.1, 0.15) is 37.4 Å². The van der Waals surface area contributed by atoms with Crippen molar-refractivity contribution >= 4 is 48.3 Å². The van der Waals surface area contributed by atoms with E-state index in [-0.39, 0.29) is 11.6 Å². The van der Waals surface area contributed by atoms with Gasteiger partial charge in [-0.15, -0.1) is 0 Å². The molecule has 0 amide bonds. The SMILES string of the molecule is O=C1c2ccccc2C(=O)c2cc(CP(Br)(c3ccccc3)(c3ccccc3)c3ccccc3)ccc21. The van der Waals surface area contributed by atoms with Gasteiger partial charge < -0.3 is 0 Å². The maximum absolute atomic E-state index is 13.5. The fraction of sp³-hybridized carbons (Fsp3) is 0.0303. The van der Waals surface area contributed by atoms with Gasteiger partial charge in [0, 0.05) is 0 Å². The molecule has 2 nitrogen and oxygen atoms in total. The molecule has 0 spiro atoms. The molecule has 0 saturated carbocycles. The number of carbonyl (C=O) groups is 2. The van der Waals surface area contributed by atoms with Crippen molar-refractivity contribution in [3.63, 3.8) is 0 Å². The van der Waals surface area contributed by atoms with E-state index >= 15 is 0 Å². The van der Waals surface area contributed by atoms with Gasteiger partial charge in [0.05, 0.1) is 0 Å². The third-order valence-electron chi connectivity index (χ3n) is 7.35. The Balaban J connectivity index is 1.59. The molecule has 0 heterocycles. The zero-order valence-corrected chi connectivity index (χ0v) is 22.5. The summed E-state index contributed by atoms with van der Waals surface area (Å²) in [5.41, 5.74) is 2.91. The minimum atomic E-state index is -3.23. The van der Waals surface area contributed by atoms with Crippen LogP contribution in [0.5, 0.6) is 0 Å². The number of carbonyl (C=O) groups excluding carboxylic acids is 2. The number of fused-ring (bicyclic) bond motifs is 2. The van der Waals surface area contributed by atoms with Crippen molar-refractivity contribution in [2.45, 2.75) is 6.16 Å². The zero-order chi connectivity index (χ0) is 25.5. The van der Waals surface area contributed by atoms with Crippen molar-refractivity contribution < 1.29 is 9.59 Å². The number of benzene rings is 5. The molecule has 4 heteroatoms. The van der Waals surface area contributed by atoms with Crippen molar-refractivity contribution in [3.8, 4) is 0 Å². The van der Waals surface area contributed by atoms with Gasteiger partial charge >= 0.3 is 225 Å². The predicted molar refractivity (Wildman–Crippen MR) is 158 cm³/mol. The van der Waals surface area contributed by atoms with Crippen molar-refractivity contribution in [1.29, 1.82) is 0 Å². The minimum absolute atomic E-state index is 0.0951. The van der Waals surface area contributed by atoms with Crippen LogP contribution < -0.4 is 15.9 Å². The Morgan fingerprint density at radius 1 is 0.459 bits per heavy atom. The van der Waals surface area contributed by atoms with Gasteiger partial charge in [0.1, 0.15) is 0 Å². The van der Waals surface area contributed by atoms with Gasteiger partial charge in [0.15, 0.2) is 0 Å². The molecule has 5 aromatic carbocycles. The first-order valence-corrected chi connectivity index (χ1v) is 16.7. The number of hydrogen-bond acceptors (Lipinski definition) is 2. The summed E-state index contributed by atoms with van der Waals surface area (Å²) in [5.74, 6) is -0.191. The van der Waals surface area contributed by atoms with Crippen molar-refractivity contribution in [2.75, 3.05) is 0 Å². The van der Waals surface area contributed by atoms with E-state index in [0.29, 0.717) is 28.4 Å². The Morgan fingerprint density at radius 2 is 0.838 bits per heavy atom. The Kier molecular flexibility index (Phi) is 5.79. The molecule has 0 unspecified atom stereocenters. The number of ketones is 2. The fourth-order valence-electron chi connectivity index (χ4n) is 5.53. The fourth-order valence-corrected chi connectivity index (χ4v) is 13.2. The summed E-state index contributed by atoms with van der Waals surface area (Å²) in [4.78, 5) is 26.7. The van der Waals surface area contributed by atoms with Crippen LogP contribution >= 0.6 is 20.8 Å². The standard InChI is InChI=1S/C33H24BrO2P/c34-37(25-12-4-1-5-13-25,26-14-6-2-7-15-26,27-16-8-3-9-17-27)23-24-20-21-30-31(22-24)33(36)29-19-11-10-18-28(29)32(30)35/h1-22H,23H2. The molecule has 0 fully saturated rings. The van der Waals surface area contributed by atoms with Gasteiger partial charge in [-0.3, -0.25) is 0 Å². The van der Waals surface area contributed by atoms with Gasteiger partial charge in [-0.2, -0.15) is 0 Å². The predicted octanol–water partition coefficient (Wildman–Crippen LogP) is 6.80. The van der Waals surface area contributed by atoms with Crippen LogP contribution in [0.3, 0.4) is 0 Å². The first-order chi connectivity index (χ1) is 18.0. The Morgan fingerprint density at radius 3 is 1.30 bits per heavy atom. The third-order valence-corrected chi connectivity index (χ3v) is 16.9. The third kappa shape index (κ3) is 3.65. The van der Waals surface area contributed by atoms with Gasteiger partial charge in [-0.05, 0) is 0 Å². The molecule has 1 aliphatic carbocycles. The van der Waals surface area contributed by atoms with Crippen LogP contribution in [-0.4, -0.2) is 11.6 Å². The molecular formula is C33H24BrO2P. The molecule has 0 saturated heterocycles. The van der Waals surface area contributed by atoms with Gasteiger partial charge in [0.25, 0.3) is 0 Å². The van der Waals surface area contributed by atoms with Crippen LogP contribution in [0.25, 0.3) is 0 Å². The monoisotopic (exact) mass is 562 g/mol. The molecule has 0 aliphatic heterocycles. The van der Waals surface area contributed by atoms with E-state index in [1.54, 1.807) is 18.2 Å². The molecule has 0 atom stereocenters. The number of halogens is 1. The van der Waals surface area contributed by atoms with Crippen LogP contribution in [0, 0.1) is 0 Å². The Labute approximate surface area is 224 Å². The van der Waals surface area contributed by atoms with Crippen LogP contribution in [-0.2, 0) is 6.16 Å². The number of hydrogen-bond donors (Lipinski definition) is 0. The van der Waals surface area contributed by atoms with Crippen LogP contribution in [0.4, 0.5) is 0 Å². The van der Waals surface area contributed by atoms with Gasteiger partial charge in [-0.1, -0.05) is 0 Å². The van der Waals surface area contributed by atoms with Gasteiger partial charge in [0.2, 0.25) is 0 Å². The number of rotatable bonds is 5. The Hall–Kier alpha value is -3.65. The van der Waals surface area contributed by atoms with E-state index < -0.39 is 5.31 Å². The summed E-state index contributed by atoms with van der Waals surface area (Å²) in [5, 5.41) is 0.388. The van der Waals surface area contributed by atoms with E-state index in [9.17, 15) is 9.59 Å². The topological polar surface area (TPSA) is 34.1 Å². The van der Waals surface area contributed by atoms with Crippen molar-refractivity contribution in [3.05, 3.63) is 161 Å². The van der Waals surface area contributed by atoms with E-state index in [4.69, 9.17) is 0 Å². The second-order valence-corrected chi connectivity index (χ2v) is 18.4. The summed E-state index contributed by atoms with van der Waals surface area (Å²) < 4.78 is 0. The Bertz CT molecular complexity index is 1550. The van der Waals surface area contributed by atoms with E-state index in [1.807, 2.05) is 42.5 Å². The first-order valence-electron chi connectivity index (χ1n) is 12.2. The van der Waals surface area contributed by atoms with Gasteiger partial charge in [-0.25, -0.2) is 0 Å². The zero-order valence-electron chi connectivity index (χ0n) is 20.1. The summed E-state index contributed by atoms with van der Waals surface area (Å²) in [6, 6.07) is 44.6. The maximum atomic E-state index is 13.5. The quantitative estimate of drug-likeness (QED) is 0.216. The molecule has 0 bridgehead atoms. The molecule has 5 aromatic rings. The van der Waals surface area contributed by atoms with E-state index in [1.165, 1.54) is 15.9 Å². The second-order valence-electron chi connectivity index (χ2n) is 9.43. The normalized spacial score (nSPS) is 13.8. The second kappa shape index (κ2) is 9.03. The average Bonchev–Trinajstić information content (AvgIpc) is 2.97. The summed E-state index contributed by atoms with van der Waals surface area (Å²) in [6.45, 7) is 0. The average molecular weight is 563 g/mol. The summed E-state index contributed by atoms with van der Waals surface area (Å²) >= 11 is 4.48. The molecule has 37 heavy (non-hydrogen) atoms. The van der Waals surface area contributed by atoms with Crippen molar-refractivity contribution in [1.82, 2.24) is 0 Å². The van der Waals surface area contributed by atoms with Crippen LogP contribution in [0.15, 0.2) is 133 Å². The van der Waals surface area contributed by atoms with E-state index in [2.05, 4.69) is 88.3 Å². The van der Waals surface area contributed by atoms with E-state index in [0.717, 1.165) is 5.56 Å². The molecule has 0 aromatic heterocycles. The molecule has 180 valence electrons.